The SMILES string of the molecule is CN(C)CCOc1nccc2ccc(C(=O)O)cc12. The number of likely N-dealkylation sites (N-methyl/N-ethyl adjacent to an activating group) is 1. The van der Waals surface area contributed by atoms with Crippen molar-refractivity contribution in [2.75, 3.05) is 27.2 Å². The van der Waals surface area contributed by atoms with E-state index in [2.05, 4.69) is 4.98 Å². The Morgan fingerprint density at radius 3 is 2.84 bits per heavy atom. The van der Waals surface area contributed by atoms with Crippen LogP contribution in [0.2, 0.25) is 0 Å². The number of pyridine rings is 1. The van der Waals surface area contributed by atoms with E-state index in [1.54, 1.807) is 24.4 Å². The number of carbonyl (C=O) groups is 1. The molecule has 0 saturated carbocycles. The van der Waals surface area contributed by atoms with Crippen molar-refractivity contribution in [2.24, 2.45) is 0 Å². The number of nitrogens with zero attached hydrogens (tertiary/aromatic N) is 2. The molecule has 0 spiro atoms. The summed E-state index contributed by atoms with van der Waals surface area (Å²) in [7, 11) is 3.92. The van der Waals surface area contributed by atoms with Gasteiger partial charge in [-0.05, 0) is 37.7 Å². The summed E-state index contributed by atoms with van der Waals surface area (Å²) in [6.45, 7) is 1.28. The summed E-state index contributed by atoms with van der Waals surface area (Å²) in [5.41, 5.74) is 0.234. The van der Waals surface area contributed by atoms with E-state index in [0.29, 0.717) is 12.5 Å². The molecule has 0 bridgehead atoms. The lowest BCUT2D eigenvalue weighted by atomic mass is 10.1. The Bertz CT molecular complexity index is 596. The smallest absolute Gasteiger partial charge is 0.335 e. The molecule has 0 unspecified atom stereocenters. The third-order valence-electron chi connectivity index (χ3n) is 2.75. The number of hydrogen-bond acceptors (Lipinski definition) is 4. The molecule has 1 aromatic carbocycles. The highest BCUT2D eigenvalue weighted by molar-refractivity contribution is 5.96. The van der Waals surface area contributed by atoms with Crippen molar-refractivity contribution in [3.63, 3.8) is 0 Å². The third kappa shape index (κ3) is 3.20. The van der Waals surface area contributed by atoms with Crippen LogP contribution in [-0.4, -0.2) is 48.2 Å². The highest BCUT2D eigenvalue weighted by Crippen LogP contribution is 2.24. The van der Waals surface area contributed by atoms with Gasteiger partial charge in [0.1, 0.15) is 6.61 Å². The van der Waals surface area contributed by atoms with Crippen molar-refractivity contribution in [3.8, 4) is 5.88 Å². The highest BCUT2D eigenvalue weighted by atomic mass is 16.5. The van der Waals surface area contributed by atoms with Gasteiger partial charge in [0, 0.05) is 18.1 Å². The minimum absolute atomic E-state index is 0.234. The summed E-state index contributed by atoms with van der Waals surface area (Å²) in [6, 6.07) is 6.77. The molecule has 1 heterocycles. The molecule has 19 heavy (non-hydrogen) atoms. The van der Waals surface area contributed by atoms with Crippen LogP contribution in [0.1, 0.15) is 10.4 Å². The number of carboxylic acid groups (broad SMARTS) is 1. The Morgan fingerprint density at radius 2 is 2.16 bits per heavy atom. The maximum atomic E-state index is 11.0. The van der Waals surface area contributed by atoms with E-state index in [-0.39, 0.29) is 5.56 Å². The molecule has 0 fully saturated rings. The van der Waals surface area contributed by atoms with Gasteiger partial charge >= 0.3 is 5.97 Å². The summed E-state index contributed by atoms with van der Waals surface area (Å²) in [5, 5.41) is 10.7. The topological polar surface area (TPSA) is 62.7 Å². The predicted molar refractivity (Wildman–Crippen MR) is 72.8 cm³/mol. The van der Waals surface area contributed by atoms with Crippen LogP contribution < -0.4 is 4.74 Å². The lowest BCUT2D eigenvalue weighted by Crippen LogP contribution is -2.19. The molecule has 0 aliphatic rings. The molecule has 2 rings (SSSR count). The van der Waals surface area contributed by atoms with Crippen LogP contribution in [0.15, 0.2) is 30.5 Å². The number of ether oxygens (including phenoxy) is 1. The van der Waals surface area contributed by atoms with Crippen LogP contribution in [-0.2, 0) is 0 Å². The molecule has 0 saturated heterocycles. The average molecular weight is 260 g/mol. The van der Waals surface area contributed by atoms with E-state index in [9.17, 15) is 4.79 Å². The predicted octanol–water partition coefficient (Wildman–Crippen LogP) is 1.87. The van der Waals surface area contributed by atoms with Crippen molar-refractivity contribution >= 4 is 16.7 Å². The molecule has 5 nitrogen and oxygen atoms in total. The summed E-state index contributed by atoms with van der Waals surface area (Å²) in [4.78, 5) is 17.2. The molecule has 0 aliphatic carbocycles. The minimum atomic E-state index is -0.954. The average Bonchev–Trinajstić information content (AvgIpc) is 2.38. The van der Waals surface area contributed by atoms with Gasteiger partial charge in [0.2, 0.25) is 5.88 Å². The first-order valence-electron chi connectivity index (χ1n) is 5.97. The van der Waals surface area contributed by atoms with Crippen LogP contribution in [0.3, 0.4) is 0 Å². The second-order valence-electron chi connectivity index (χ2n) is 4.51. The summed E-state index contributed by atoms with van der Waals surface area (Å²) in [6.07, 6.45) is 1.66. The van der Waals surface area contributed by atoms with Crippen LogP contribution in [0, 0.1) is 0 Å². The van der Waals surface area contributed by atoms with Crippen molar-refractivity contribution < 1.29 is 14.6 Å². The van der Waals surface area contributed by atoms with E-state index in [0.717, 1.165) is 17.3 Å². The summed E-state index contributed by atoms with van der Waals surface area (Å²) in [5.74, 6) is -0.479. The lowest BCUT2D eigenvalue weighted by molar-refractivity contribution is 0.0697. The Kier molecular flexibility index (Phi) is 3.97. The fraction of sp³-hybridized carbons (Fsp3) is 0.286. The first-order chi connectivity index (χ1) is 9.08. The number of aromatic nitrogens is 1. The van der Waals surface area contributed by atoms with Gasteiger partial charge in [0.05, 0.1) is 5.56 Å². The van der Waals surface area contributed by atoms with Gasteiger partial charge in [-0.15, -0.1) is 0 Å². The normalized spacial score (nSPS) is 10.9. The van der Waals surface area contributed by atoms with E-state index < -0.39 is 5.97 Å². The molecular weight excluding hydrogens is 244 g/mol. The summed E-state index contributed by atoms with van der Waals surface area (Å²) < 4.78 is 5.62. The van der Waals surface area contributed by atoms with Crippen LogP contribution in [0.4, 0.5) is 0 Å². The minimum Gasteiger partial charge on any atom is -0.478 e. The molecular formula is C14H16N2O3. The standard InChI is InChI=1S/C14H16N2O3/c1-16(2)7-8-19-13-12-9-11(14(17)18)4-3-10(12)5-6-15-13/h3-6,9H,7-8H2,1-2H3,(H,17,18). The maximum Gasteiger partial charge on any atom is 0.335 e. The van der Waals surface area contributed by atoms with E-state index in [4.69, 9.17) is 9.84 Å². The fourth-order valence-corrected chi connectivity index (χ4v) is 1.71. The quantitative estimate of drug-likeness (QED) is 0.889. The van der Waals surface area contributed by atoms with Gasteiger partial charge in [-0.2, -0.15) is 0 Å². The number of aromatic carboxylic acids is 1. The van der Waals surface area contributed by atoms with Crippen molar-refractivity contribution in [3.05, 3.63) is 36.0 Å². The van der Waals surface area contributed by atoms with Gasteiger partial charge in [0.15, 0.2) is 0 Å². The second kappa shape index (κ2) is 5.67. The Balaban J connectivity index is 2.31. The van der Waals surface area contributed by atoms with Crippen LogP contribution in [0.25, 0.3) is 10.8 Å². The Labute approximate surface area is 111 Å². The number of rotatable bonds is 5. The molecule has 1 aromatic heterocycles. The Morgan fingerprint density at radius 1 is 1.37 bits per heavy atom. The third-order valence-corrected chi connectivity index (χ3v) is 2.75. The van der Waals surface area contributed by atoms with Gasteiger partial charge in [-0.1, -0.05) is 6.07 Å². The molecule has 1 N–H and O–H groups in total. The fourth-order valence-electron chi connectivity index (χ4n) is 1.71. The van der Waals surface area contributed by atoms with Crippen molar-refractivity contribution in [2.45, 2.75) is 0 Å². The molecule has 2 aromatic rings. The van der Waals surface area contributed by atoms with Crippen molar-refractivity contribution in [1.82, 2.24) is 9.88 Å². The second-order valence-corrected chi connectivity index (χ2v) is 4.51. The van der Waals surface area contributed by atoms with Gasteiger partial charge < -0.3 is 14.7 Å². The zero-order chi connectivity index (χ0) is 13.8. The molecule has 5 heteroatoms. The number of benzene rings is 1. The highest BCUT2D eigenvalue weighted by Gasteiger charge is 2.08. The Hall–Kier alpha value is -2.14. The van der Waals surface area contributed by atoms with E-state index in [1.165, 1.54) is 0 Å². The largest absolute Gasteiger partial charge is 0.478 e. The molecule has 0 radical (unpaired) electrons. The summed E-state index contributed by atoms with van der Waals surface area (Å²) >= 11 is 0. The number of carboxylic acids is 1. The molecule has 0 aliphatic heterocycles. The van der Waals surface area contributed by atoms with Crippen LogP contribution in [0.5, 0.6) is 5.88 Å². The molecule has 0 atom stereocenters. The monoisotopic (exact) mass is 260 g/mol. The van der Waals surface area contributed by atoms with Crippen LogP contribution >= 0.6 is 0 Å². The maximum absolute atomic E-state index is 11.0. The first kappa shape index (κ1) is 13.3. The molecule has 100 valence electrons. The van der Waals surface area contributed by atoms with E-state index >= 15 is 0 Å². The lowest BCUT2D eigenvalue weighted by Gasteiger charge is -2.12. The van der Waals surface area contributed by atoms with Gasteiger partial charge in [0.25, 0.3) is 0 Å². The van der Waals surface area contributed by atoms with Gasteiger partial charge in [-0.3, -0.25) is 0 Å². The zero-order valence-electron chi connectivity index (χ0n) is 11.0. The van der Waals surface area contributed by atoms with E-state index in [1.807, 2.05) is 25.1 Å². The zero-order valence-corrected chi connectivity index (χ0v) is 11.0. The van der Waals surface area contributed by atoms with Gasteiger partial charge in [-0.25, -0.2) is 9.78 Å². The molecule has 0 amide bonds. The number of fused-ring (bicyclic) bond motifs is 1. The first-order valence-corrected chi connectivity index (χ1v) is 5.97. The number of hydrogen-bond donors (Lipinski definition) is 1. The van der Waals surface area contributed by atoms with Crippen molar-refractivity contribution in [1.29, 1.82) is 0 Å².